The minimum absolute atomic E-state index is 0.0847. The van der Waals surface area contributed by atoms with Crippen molar-refractivity contribution in [2.75, 3.05) is 11.9 Å². The van der Waals surface area contributed by atoms with E-state index in [1.165, 1.54) is 11.1 Å². The third-order valence-corrected chi connectivity index (χ3v) is 7.70. The molecule has 2 aliphatic heterocycles. The van der Waals surface area contributed by atoms with Gasteiger partial charge in [0.2, 0.25) is 0 Å². The van der Waals surface area contributed by atoms with Crippen LogP contribution in [0.15, 0.2) is 30.5 Å². The molecule has 3 heterocycles. The summed E-state index contributed by atoms with van der Waals surface area (Å²) in [5.74, 6) is 0.421. The number of aromatic nitrogens is 1. The number of carbonyl (C=O) groups excluding carboxylic acids is 1. The summed E-state index contributed by atoms with van der Waals surface area (Å²) in [5.41, 5.74) is 4.19. The zero-order valence-electron chi connectivity index (χ0n) is 22.4. The second-order valence-electron chi connectivity index (χ2n) is 12.1. The zero-order valence-corrected chi connectivity index (χ0v) is 22.4. The minimum atomic E-state index is -0.500. The van der Waals surface area contributed by atoms with Crippen molar-refractivity contribution in [1.82, 2.24) is 4.98 Å². The first-order chi connectivity index (χ1) is 16.8. The smallest absolute Gasteiger partial charge is 0.491 e. The van der Waals surface area contributed by atoms with Gasteiger partial charge in [-0.05, 0) is 77.9 Å². The number of nitrogens with zero attached hydrogens (tertiary/aromatic N) is 1. The average molecular weight is 492 g/mol. The van der Waals surface area contributed by atoms with E-state index in [1.54, 1.807) is 0 Å². The largest absolute Gasteiger partial charge is 0.495 e. The van der Waals surface area contributed by atoms with Crippen molar-refractivity contribution in [3.63, 3.8) is 0 Å². The van der Waals surface area contributed by atoms with Gasteiger partial charge in [0.1, 0.15) is 11.4 Å². The summed E-state index contributed by atoms with van der Waals surface area (Å²) in [4.78, 5) is 17.0. The van der Waals surface area contributed by atoms with Gasteiger partial charge in [0.05, 0.1) is 47.8 Å². The molecule has 0 saturated carbocycles. The van der Waals surface area contributed by atoms with Gasteiger partial charge in [0.25, 0.3) is 0 Å². The first-order valence-electron chi connectivity index (χ1n) is 12.9. The number of fused-ring (bicyclic) bond motifs is 2. The summed E-state index contributed by atoms with van der Waals surface area (Å²) in [5, 5.41) is 3.65. The van der Waals surface area contributed by atoms with Crippen LogP contribution in [0.1, 0.15) is 90.1 Å². The Bertz CT molecular complexity index is 1160. The zero-order chi connectivity index (χ0) is 25.9. The second-order valence-corrected chi connectivity index (χ2v) is 12.1. The molecule has 0 bridgehead atoms. The van der Waals surface area contributed by atoms with Crippen molar-refractivity contribution in [1.29, 1.82) is 0 Å². The third-order valence-electron chi connectivity index (χ3n) is 7.70. The van der Waals surface area contributed by atoms with Crippen molar-refractivity contribution in [3.05, 3.63) is 47.3 Å². The fourth-order valence-corrected chi connectivity index (χ4v) is 5.19. The van der Waals surface area contributed by atoms with Gasteiger partial charge in [0.15, 0.2) is 0 Å². The highest BCUT2D eigenvalue weighted by atomic mass is 16.7. The number of pyridine rings is 1. The Kier molecular flexibility index (Phi) is 6.11. The number of hydrogen-bond donors (Lipinski definition) is 1. The van der Waals surface area contributed by atoms with Gasteiger partial charge in [-0.1, -0.05) is 18.2 Å². The molecule has 0 radical (unpaired) electrons. The first kappa shape index (κ1) is 25.1. The molecule has 8 heteroatoms. The van der Waals surface area contributed by atoms with E-state index in [0.29, 0.717) is 6.61 Å². The highest BCUT2D eigenvalue weighted by Gasteiger charge is 2.52. The van der Waals surface area contributed by atoms with Crippen molar-refractivity contribution in [2.24, 2.45) is 0 Å². The molecule has 1 saturated heterocycles. The lowest BCUT2D eigenvalue weighted by atomic mass is 9.75. The number of carbonyl (C=O) groups is 1. The van der Waals surface area contributed by atoms with Crippen LogP contribution in [0.2, 0.25) is 0 Å². The molecule has 2 aromatic rings. The highest BCUT2D eigenvalue weighted by molar-refractivity contribution is 6.62. The standard InChI is InChI=1S/C28H37BN2O5/c1-26(2,3)34-24(32)13-17-16-33-23-14-18(15-30-25(17)23)31-22-12-11-19-20(22)9-8-10-21(19)29-35-27(4,5)28(6,7)36-29/h8-10,14-15,17,22,31H,11-13,16H2,1-7H3/t17?,22-/m1/s1. The number of ether oxygens (including phenoxy) is 2. The van der Waals surface area contributed by atoms with Crippen LogP contribution >= 0.6 is 0 Å². The monoisotopic (exact) mass is 492 g/mol. The Hall–Kier alpha value is -2.58. The molecule has 5 rings (SSSR count). The summed E-state index contributed by atoms with van der Waals surface area (Å²) < 4.78 is 24.1. The van der Waals surface area contributed by atoms with E-state index < -0.39 is 5.60 Å². The maximum absolute atomic E-state index is 12.3. The van der Waals surface area contributed by atoms with E-state index >= 15 is 0 Å². The van der Waals surface area contributed by atoms with Crippen molar-refractivity contribution in [2.45, 2.75) is 96.5 Å². The van der Waals surface area contributed by atoms with E-state index in [0.717, 1.165) is 35.4 Å². The fourth-order valence-electron chi connectivity index (χ4n) is 5.19. The van der Waals surface area contributed by atoms with Crippen LogP contribution in [0.25, 0.3) is 0 Å². The Labute approximate surface area is 214 Å². The number of rotatable bonds is 5. The maximum Gasteiger partial charge on any atom is 0.495 e. The molecule has 0 spiro atoms. The van der Waals surface area contributed by atoms with E-state index in [9.17, 15) is 4.79 Å². The molecule has 3 aliphatic rings. The van der Waals surface area contributed by atoms with Gasteiger partial charge in [-0.3, -0.25) is 9.78 Å². The van der Waals surface area contributed by atoms with E-state index in [-0.39, 0.29) is 42.7 Å². The Morgan fingerprint density at radius 2 is 1.92 bits per heavy atom. The van der Waals surface area contributed by atoms with Crippen molar-refractivity contribution in [3.8, 4) is 5.75 Å². The van der Waals surface area contributed by atoms with Gasteiger partial charge >= 0.3 is 13.1 Å². The Morgan fingerprint density at radius 1 is 1.19 bits per heavy atom. The third kappa shape index (κ3) is 4.73. The predicted molar refractivity (Wildman–Crippen MR) is 140 cm³/mol. The molecule has 1 N–H and O–H groups in total. The predicted octanol–water partition coefficient (Wildman–Crippen LogP) is 4.69. The molecule has 1 fully saturated rings. The maximum atomic E-state index is 12.3. The quantitative estimate of drug-likeness (QED) is 0.479. The number of hydrogen-bond acceptors (Lipinski definition) is 7. The van der Waals surface area contributed by atoms with E-state index in [2.05, 4.69) is 56.2 Å². The van der Waals surface area contributed by atoms with Crippen molar-refractivity contribution < 1.29 is 23.6 Å². The Morgan fingerprint density at radius 3 is 2.61 bits per heavy atom. The number of benzene rings is 1. The van der Waals surface area contributed by atoms with Crippen LogP contribution in [-0.4, -0.2) is 41.5 Å². The normalized spacial score (nSPS) is 23.7. The molecular formula is C28H37BN2O5. The van der Waals surface area contributed by atoms with Gasteiger partial charge in [-0.25, -0.2) is 0 Å². The summed E-state index contributed by atoms with van der Waals surface area (Å²) >= 11 is 0. The molecule has 1 aliphatic carbocycles. The van der Waals surface area contributed by atoms with E-state index in [1.807, 2.05) is 33.0 Å². The number of esters is 1. The fraction of sp³-hybridized carbons (Fsp3) is 0.571. The number of nitrogens with one attached hydrogen (secondary N) is 1. The van der Waals surface area contributed by atoms with Crippen LogP contribution in [0.3, 0.4) is 0 Å². The molecule has 2 atom stereocenters. The molecule has 192 valence electrons. The van der Waals surface area contributed by atoms with Crippen LogP contribution in [-0.2, 0) is 25.3 Å². The average Bonchev–Trinajstić information content (AvgIpc) is 3.41. The molecule has 1 unspecified atom stereocenters. The minimum Gasteiger partial charge on any atom is -0.491 e. The van der Waals surface area contributed by atoms with Gasteiger partial charge in [0, 0.05) is 12.0 Å². The topological polar surface area (TPSA) is 78.9 Å². The lowest BCUT2D eigenvalue weighted by Crippen LogP contribution is -2.41. The van der Waals surface area contributed by atoms with Gasteiger partial charge in [-0.2, -0.15) is 0 Å². The van der Waals surface area contributed by atoms with Crippen LogP contribution < -0.4 is 15.5 Å². The molecule has 1 aromatic carbocycles. The van der Waals surface area contributed by atoms with Crippen LogP contribution in [0, 0.1) is 0 Å². The Balaban J connectivity index is 1.29. The van der Waals surface area contributed by atoms with Crippen LogP contribution in [0.5, 0.6) is 5.75 Å². The summed E-state index contributed by atoms with van der Waals surface area (Å²) in [7, 11) is -0.360. The van der Waals surface area contributed by atoms with Gasteiger partial charge < -0.3 is 24.1 Å². The molecular weight excluding hydrogens is 455 g/mol. The number of anilines is 1. The second kappa shape index (κ2) is 8.77. The summed E-state index contributed by atoms with van der Waals surface area (Å²) in [6, 6.07) is 8.56. The summed E-state index contributed by atoms with van der Waals surface area (Å²) in [6.45, 7) is 14.4. The summed E-state index contributed by atoms with van der Waals surface area (Å²) in [6.07, 6.45) is 4.04. The van der Waals surface area contributed by atoms with Crippen molar-refractivity contribution >= 4 is 24.2 Å². The van der Waals surface area contributed by atoms with Gasteiger partial charge in [-0.15, -0.1) is 0 Å². The molecule has 7 nitrogen and oxygen atoms in total. The lowest BCUT2D eigenvalue weighted by molar-refractivity contribution is -0.155. The SMILES string of the molecule is CC(C)(C)OC(=O)CC1COc2cc(N[C@@H]3CCc4c(B5OC(C)(C)C(C)(C)O5)cccc43)cnc21. The van der Waals surface area contributed by atoms with E-state index in [4.69, 9.17) is 18.8 Å². The lowest BCUT2D eigenvalue weighted by Gasteiger charge is -2.32. The molecule has 0 amide bonds. The molecule has 36 heavy (non-hydrogen) atoms. The first-order valence-corrected chi connectivity index (χ1v) is 12.9. The highest BCUT2D eigenvalue weighted by Crippen LogP contribution is 2.40. The molecule has 1 aromatic heterocycles. The van der Waals surface area contributed by atoms with Crippen LogP contribution in [0.4, 0.5) is 5.69 Å².